The van der Waals surface area contributed by atoms with Gasteiger partial charge < -0.3 is 20.0 Å². The van der Waals surface area contributed by atoms with E-state index < -0.39 is 0 Å². The standard InChI is InChI=1S/C32H41ClN6O/c1-24-22-32(23-39(24)28-7-8-30(34-2)29(33)21-28)11-15-36(16-12-32)26-5-3-25(4-6-26)31(40)38-19-17-37(18-20-38)27-9-13-35-14-10-27/h3-8,21,24,27,35H,9-20,22-23H2,1H3. The number of carbonyl (C=O) groups is 1. The summed E-state index contributed by atoms with van der Waals surface area (Å²) < 4.78 is 0. The maximum Gasteiger partial charge on any atom is 0.253 e. The van der Waals surface area contributed by atoms with E-state index in [2.05, 4.69) is 43.9 Å². The molecule has 0 saturated carbocycles. The quantitative estimate of drug-likeness (QED) is 0.515. The maximum atomic E-state index is 13.2. The second kappa shape index (κ2) is 11.6. The average Bonchev–Trinajstić information content (AvgIpc) is 3.32. The van der Waals surface area contributed by atoms with Gasteiger partial charge in [0.2, 0.25) is 5.69 Å². The molecule has 8 heteroatoms. The van der Waals surface area contributed by atoms with Gasteiger partial charge in [-0.15, -0.1) is 0 Å². The molecular formula is C32H41ClN6O. The summed E-state index contributed by atoms with van der Waals surface area (Å²) in [6.45, 7) is 18.5. The Balaban J connectivity index is 1.02. The van der Waals surface area contributed by atoms with Gasteiger partial charge in [-0.1, -0.05) is 17.7 Å². The molecule has 1 amide bonds. The number of nitrogens with one attached hydrogen (secondary N) is 1. The Labute approximate surface area is 243 Å². The first kappa shape index (κ1) is 27.4. The van der Waals surface area contributed by atoms with Crippen molar-refractivity contribution < 1.29 is 4.79 Å². The smallest absolute Gasteiger partial charge is 0.253 e. The van der Waals surface area contributed by atoms with Crippen LogP contribution in [0.15, 0.2) is 42.5 Å². The van der Waals surface area contributed by atoms with E-state index in [9.17, 15) is 4.79 Å². The summed E-state index contributed by atoms with van der Waals surface area (Å²) in [7, 11) is 0. The molecule has 6 rings (SSSR count). The van der Waals surface area contributed by atoms with Crippen molar-refractivity contribution in [1.82, 2.24) is 15.1 Å². The van der Waals surface area contributed by atoms with Gasteiger partial charge in [0.05, 0.1) is 6.57 Å². The molecule has 1 spiro atoms. The van der Waals surface area contributed by atoms with Crippen LogP contribution in [0.1, 0.15) is 49.4 Å². The van der Waals surface area contributed by atoms with Crippen molar-refractivity contribution in [3.05, 3.63) is 64.5 Å². The van der Waals surface area contributed by atoms with Crippen molar-refractivity contribution in [1.29, 1.82) is 0 Å². The highest BCUT2D eigenvalue weighted by Gasteiger charge is 2.44. The number of halogens is 1. The third-order valence-electron chi connectivity index (χ3n) is 9.88. The summed E-state index contributed by atoms with van der Waals surface area (Å²) in [6, 6.07) is 15.3. The molecule has 40 heavy (non-hydrogen) atoms. The molecule has 4 aliphatic rings. The van der Waals surface area contributed by atoms with E-state index in [1.165, 1.54) is 24.9 Å². The van der Waals surface area contributed by atoms with Crippen LogP contribution in [0.3, 0.4) is 0 Å². The van der Waals surface area contributed by atoms with Gasteiger partial charge in [0.15, 0.2) is 0 Å². The summed E-state index contributed by atoms with van der Waals surface area (Å²) in [5.41, 5.74) is 3.97. The van der Waals surface area contributed by atoms with E-state index in [4.69, 9.17) is 18.2 Å². The molecule has 4 fully saturated rings. The molecule has 0 aliphatic carbocycles. The number of amides is 1. The summed E-state index contributed by atoms with van der Waals surface area (Å²) in [4.78, 5) is 26.3. The lowest BCUT2D eigenvalue weighted by molar-refractivity contribution is 0.0532. The summed E-state index contributed by atoms with van der Waals surface area (Å²) in [6.07, 6.45) is 5.93. The highest BCUT2D eigenvalue weighted by molar-refractivity contribution is 6.33. The zero-order valence-corrected chi connectivity index (χ0v) is 24.4. The van der Waals surface area contributed by atoms with Crippen LogP contribution in [0.5, 0.6) is 0 Å². The third-order valence-corrected chi connectivity index (χ3v) is 10.2. The van der Waals surface area contributed by atoms with Crippen LogP contribution in [0.25, 0.3) is 4.85 Å². The SMILES string of the molecule is [C-]#[N+]c1ccc(N2CC3(CCN(c4ccc(C(=O)N5CCN(C6CCNCC6)CC5)cc4)CC3)CC2C)cc1Cl. The molecule has 0 radical (unpaired) electrons. The number of hydrogen-bond donors (Lipinski definition) is 1. The molecule has 4 aliphatic heterocycles. The van der Waals surface area contributed by atoms with Crippen LogP contribution >= 0.6 is 11.6 Å². The molecule has 4 heterocycles. The molecule has 2 aromatic carbocycles. The van der Waals surface area contributed by atoms with Crippen molar-refractivity contribution in [3.63, 3.8) is 0 Å². The van der Waals surface area contributed by atoms with Crippen molar-refractivity contribution >= 4 is 34.6 Å². The highest BCUT2D eigenvalue weighted by atomic mass is 35.5. The minimum absolute atomic E-state index is 0.165. The van der Waals surface area contributed by atoms with Crippen LogP contribution in [-0.2, 0) is 0 Å². The monoisotopic (exact) mass is 560 g/mol. The Morgan fingerprint density at radius 3 is 2.30 bits per heavy atom. The van der Waals surface area contributed by atoms with Gasteiger partial charge in [0, 0.05) is 79.9 Å². The van der Waals surface area contributed by atoms with Gasteiger partial charge in [-0.05, 0) is 93.9 Å². The molecule has 1 unspecified atom stereocenters. The van der Waals surface area contributed by atoms with E-state index in [-0.39, 0.29) is 5.91 Å². The largest absolute Gasteiger partial charge is 0.371 e. The van der Waals surface area contributed by atoms with E-state index >= 15 is 0 Å². The minimum atomic E-state index is 0.165. The van der Waals surface area contributed by atoms with E-state index in [0.29, 0.717) is 28.2 Å². The molecule has 212 valence electrons. The molecule has 0 bridgehead atoms. The normalized spacial score (nSPS) is 23.9. The number of carbonyl (C=O) groups excluding carboxylic acids is 1. The Morgan fingerprint density at radius 1 is 0.975 bits per heavy atom. The minimum Gasteiger partial charge on any atom is -0.371 e. The number of benzene rings is 2. The van der Waals surface area contributed by atoms with Crippen molar-refractivity contribution in [2.24, 2.45) is 5.41 Å². The van der Waals surface area contributed by atoms with Crippen LogP contribution < -0.4 is 15.1 Å². The Morgan fingerprint density at radius 2 is 1.65 bits per heavy atom. The maximum absolute atomic E-state index is 13.2. The molecule has 0 aromatic heterocycles. The number of rotatable bonds is 4. The topological polar surface area (TPSA) is 46.4 Å². The van der Waals surface area contributed by atoms with Crippen LogP contribution in [-0.4, -0.2) is 86.7 Å². The summed E-state index contributed by atoms with van der Waals surface area (Å²) in [5.74, 6) is 0.165. The first-order chi connectivity index (χ1) is 19.4. The number of piperidine rings is 2. The zero-order chi connectivity index (χ0) is 27.7. The first-order valence-corrected chi connectivity index (χ1v) is 15.4. The lowest BCUT2D eigenvalue weighted by Crippen LogP contribution is -2.53. The fourth-order valence-corrected chi connectivity index (χ4v) is 7.71. The van der Waals surface area contributed by atoms with E-state index in [1.807, 2.05) is 35.2 Å². The van der Waals surface area contributed by atoms with E-state index in [1.54, 1.807) is 0 Å². The molecule has 1 atom stereocenters. The van der Waals surface area contributed by atoms with Gasteiger partial charge >= 0.3 is 0 Å². The second-order valence-electron chi connectivity index (χ2n) is 12.3. The van der Waals surface area contributed by atoms with Gasteiger partial charge in [-0.25, -0.2) is 4.85 Å². The highest BCUT2D eigenvalue weighted by Crippen LogP contribution is 2.46. The predicted octanol–water partition coefficient (Wildman–Crippen LogP) is 5.29. The molecule has 7 nitrogen and oxygen atoms in total. The molecule has 2 aromatic rings. The van der Waals surface area contributed by atoms with Gasteiger partial charge in [-0.3, -0.25) is 9.69 Å². The first-order valence-electron chi connectivity index (χ1n) is 15.0. The Bertz CT molecular complexity index is 1240. The number of piperazine rings is 1. The Kier molecular flexibility index (Phi) is 7.94. The van der Waals surface area contributed by atoms with Crippen LogP contribution in [0.4, 0.5) is 17.1 Å². The van der Waals surface area contributed by atoms with Gasteiger partial charge in [0.1, 0.15) is 0 Å². The lowest BCUT2D eigenvalue weighted by Gasteiger charge is -2.41. The summed E-state index contributed by atoms with van der Waals surface area (Å²) in [5, 5.41) is 3.99. The molecule has 1 N–H and O–H groups in total. The van der Waals surface area contributed by atoms with Gasteiger partial charge in [-0.2, -0.15) is 0 Å². The van der Waals surface area contributed by atoms with Crippen molar-refractivity contribution in [2.75, 3.05) is 68.7 Å². The van der Waals surface area contributed by atoms with Crippen molar-refractivity contribution in [3.8, 4) is 0 Å². The number of hydrogen-bond acceptors (Lipinski definition) is 5. The molecular weight excluding hydrogens is 520 g/mol. The van der Waals surface area contributed by atoms with Crippen molar-refractivity contribution in [2.45, 2.75) is 51.1 Å². The van der Waals surface area contributed by atoms with Crippen LogP contribution in [0.2, 0.25) is 5.02 Å². The fraction of sp³-hybridized carbons (Fsp3) is 0.562. The fourth-order valence-electron chi connectivity index (χ4n) is 7.49. The Hall–Kier alpha value is -2.79. The zero-order valence-electron chi connectivity index (χ0n) is 23.6. The molecule has 4 saturated heterocycles. The number of nitrogens with zero attached hydrogens (tertiary/aromatic N) is 5. The second-order valence-corrected chi connectivity index (χ2v) is 12.7. The van der Waals surface area contributed by atoms with E-state index in [0.717, 1.165) is 83.0 Å². The average molecular weight is 561 g/mol. The van der Waals surface area contributed by atoms with Crippen LogP contribution in [0, 0.1) is 12.0 Å². The number of anilines is 2. The predicted molar refractivity (Wildman–Crippen MR) is 163 cm³/mol. The summed E-state index contributed by atoms with van der Waals surface area (Å²) >= 11 is 6.35. The van der Waals surface area contributed by atoms with Gasteiger partial charge in [0.25, 0.3) is 5.91 Å². The lowest BCUT2D eigenvalue weighted by atomic mass is 9.76. The third kappa shape index (κ3) is 5.54.